The van der Waals surface area contributed by atoms with E-state index in [0.717, 1.165) is 23.5 Å². The summed E-state index contributed by atoms with van der Waals surface area (Å²) in [6, 6.07) is 8.59. The Kier molecular flexibility index (Phi) is 5.60. The molecule has 0 saturated carbocycles. The van der Waals surface area contributed by atoms with E-state index in [9.17, 15) is 0 Å². The summed E-state index contributed by atoms with van der Waals surface area (Å²) in [6.45, 7) is 10.1. The largest absolute Gasteiger partial charge is 0.314 e. The van der Waals surface area contributed by atoms with Crippen molar-refractivity contribution in [2.75, 3.05) is 6.54 Å². The Balaban J connectivity index is 2.45. The molecule has 0 radical (unpaired) electrons. The first kappa shape index (κ1) is 16.3. The van der Waals surface area contributed by atoms with Crippen LogP contribution in [0.5, 0.6) is 0 Å². The van der Waals surface area contributed by atoms with Gasteiger partial charge in [0.25, 0.3) is 0 Å². The van der Waals surface area contributed by atoms with Gasteiger partial charge in [-0.25, -0.2) is 0 Å². The van der Waals surface area contributed by atoms with Gasteiger partial charge in [0, 0.05) is 28.6 Å². The number of halogens is 1. The molecule has 2 nitrogen and oxygen atoms in total. The van der Waals surface area contributed by atoms with E-state index in [4.69, 9.17) is 11.6 Å². The van der Waals surface area contributed by atoms with E-state index in [1.165, 1.54) is 10.9 Å². The van der Waals surface area contributed by atoms with Crippen LogP contribution in [0.15, 0.2) is 30.5 Å². The molecule has 1 N–H and O–H groups in total. The van der Waals surface area contributed by atoms with E-state index in [1.54, 1.807) is 0 Å². The first-order valence-electron chi connectivity index (χ1n) is 7.82. The summed E-state index contributed by atoms with van der Waals surface area (Å²) >= 11 is 6.09. The maximum atomic E-state index is 6.09. The van der Waals surface area contributed by atoms with Crippen LogP contribution in [-0.2, 0) is 0 Å². The van der Waals surface area contributed by atoms with Crippen molar-refractivity contribution in [3.63, 3.8) is 0 Å². The predicted octanol–water partition coefficient (Wildman–Crippen LogP) is 5.02. The van der Waals surface area contributed by atoms with Crippen LogP contribution in [0.4, 0.5) is 0 Å². The Morgan fingerprint density at radius 2 is 1.95 bits per heavy atom. The minimum absolute atomic E-state index is 0.436. The molecule has 1 aromatic carbocycles. The lowest BCUT2D eigenvalue weighted by atomic mass is 9.81. The van der Waals surface area contributed by atoms with Gasteiger partial charge in [-0.05, 0) is 49.6 Å². The van der Waals surface area contributed by atoms with Crippen molar-refractivity contribution < 1.29 is 0 Å². The van der Waals surface area contributed by atoms with E-state index >= 15 is 0 Å². The SMILES string of the molecule is CCCNC(C)C(c1ccnc2cc(Cl)ccc12)C(C)C. The van der Waals surface area contributed by atoms with Crippen molar-refractivity contribution in [2.45, 2.75) is 46.1 Å². The lowest BCUT2D eigenvalue weighted by Crippen LogP contribution is -2.35. The Bertz CT molecular complexity index is 595. The molecule has 2 unspecified atom stereocenters. The maximum Gasteiger partial charge on any atom is 0.0719 e. The van der Waals surface area contributed by atoms with Gasteiger partial charge < -0.3 is 5.32 Å². The Morgan fingerprint density at radius 1 is 1.19 bits per heavy atom. The molecular weight excluding hydrogens is 280 g/mol. The van der Waals surface area contributed by atoms with Gasteiger partial charge in [-0.2, -0.15) is 0 Å². The predicted molar refractivity (Wildman–Crippen MR) is 92.1 cm³/mol. The molecule has 3 heteroatoms. The highest BCUT2D eigenvalue weighted by Crippen LogP contribution is 2.33. The standard InChI is InChI=1S/C18H25ClN2/c1-5-9-20-13(4)18(12(2)3)16-8-10-21-17-11-14(19)6-7-15(16)17/h6-8,10-13,18,20H,5,9H2,1-4H3. The fourth-order valence-corrected chi connectivity index (χ4v) is 3.31. The van der Waals surface area contributed by atoms with Crippen LogP contribution in [0.25, 0.3) is 10.9 Å². The molecule has 0 saturated heterocycles. The molecule has 0 bridgehead atoms. The van der Waals surface area contributed by atoms with Crippen LogP contribution in [0.1, 0.15) is 45.6 Å². The van der Waals surface area contributed by atoms with Crippen molar-refractivity contribution in [3.8, 4) is 0 Å². The third-order valence-corrected chi connectivity index (χ3v) is 4.31. The van der Waals surface area contributed by atoms with E-state index in [1.807, 2.05) is 18.3 Å². The highest BCUT2D eigenvalue weighted by atomic mass is 35.5. The zero-order chi connectivity index (χ0) is 15.4. The minimum Gasteiger partial charge on any atom is -0.314 e. The van der Waals surface area contributed by atoms with Gasteiger partial charge >= 0.3 is 0 Å². The van der Waals surface area contributed by atoms with Gasteiger partial charge in [-0.1, -0.05) is 38.4 Å². The lowest BCUT2D eigenvalue weighted by molar-refractivity contribution is 0.379. The highest BCUT2D eigenvalue weighted by Gasteiger charge is 2.24. The molecule has 0 aliphatic heterocycles. The lowest BCUT2D eigenvalue weighted by Gasteiger charge is -2.29. The second kappa shape index (κ2) is 7.24. The Morgan fingerprint density at radius 3 is 2.62 bits per heavy atom. The van der Waals surface area contributed by atoms with Gasteiger partial charge in [-0.15, -0.1) is 0 Å². The average molecular weight is 305 g/mol. The maximum absolute atomic E-state index is 6.09. The number of rotatable bonds is 6. The summed E-state index contributed by atoms with van der Waals surface area (Å²) in [5, 5.41) is 5.60. The fraction of sp³-hybridized carbons (Fsp3) is 0.500. The van der Waals surface area contributed by atoms with Crippen molar-refractivity contribution in [2.24, 2.45) is 5.92 Å². The van der Waals surface area contributed by atoms with Crippen LogP contribution < -0.4 is 5.32 Å². The van der Waals surface area contributed by atoms with Gasteiger partial charge in [0.05, 0.1) is 5.52 Å². The molecule has 2 atom stereocenters. The number of hydrogen-bond donors (Lipinski definition) is 1. The molecular formula is C18H25ClN2. The molecule has 0 amide bonds. The number of benzene rings is 1. The van der Waals surface area contributed by atoms with Crippen molar-refractivity contribution >= 4 is 22.5 Å². The van der Waals surface area contributed by atoms with E-state index in [-0.39, 0.29) is 0 Å². The Labute approximate surface area is 132 Å². The zero-order valence-electron chi connectivity index (χ0n) is 13.4. The summed E-state index contributed by atoms with van der Waals surface area (Å²) in [4.78, 5) is 4.46. The molecule has 1 aromatic heterocycles. The Hall–Kier alpha value is -1.12. The van der Waals surface area contributed by atoms with Crippen LogP contribution in [0, 0.1) is 5.92 Å². The molecule has 114 valence electrons. The number of aromatic nitrogens is 1. The van der Waals surface area contributed by atoms with Crippen LogP contribution >= 0.6 is 11.6 Å². The normalized spacial score (nSPS) is 14.6. The fourth-order valence-electron chi connectivity index (χ4n) is 3.14. The summed E-state index contributed by atoms with van der Waals surface area (Å²) < 4.78 is 0. The number of fused-ring (bicyclic) bond motifs is 1. The average Bonchev–Trinajstić information content (AvgIpc) is 2.44. The second-order valence-electron chi connectivity index (χ2n) is 6.07. The summed E-state index contributed by atoms with van der Waals surface area (Å²) in [5.41, 5.74) is 2.34. The van der Waals surface area contributed by atoms with Gasteiger partial charge in [0.1, 0.15) is 0 Å². The summed E-state index contributed by atoms with van der Waals surface area (Å²) in [7, 11) is 0. The summed E-state index contributed by atoms with van der Waals surface area (Å²) in [6.07, 6.45) is 3.05. The van der Waals surface area contributed by atoms with Crippen LogP contribution in [0.3, 0.4) is 0 Å². The molecule has 0 aliphatic rings. The number of hydrogen-bond acceptors (Lipinski definition) is 2. The van der Waals surface area contributed by atoms with Crippen molar-refractivity contribution in [3.05, 3.63) is 41.0 Å². The smallest absolute Gasteiger partial charge is 0.0719 e. The van der Waals surface area contributed by atoms with E-state index in [2.05, 4.69) is 50.1 Å². The second-order valence-corrected chi connectivity index (χ2v) is 6.51. The minimum atomic E-state index is 0.436. The third-order valence-electron chi connectivity index (χ3n) is 4.07. The summed E-state index contributed by atoms with van der Waals surface area (Å²) in [5.74, 6) is 1.02. The number of nitrogens with zero attached hydrogens (tertiary/aromatic N) is 1. The molecule has 2 aromatic rings. The van der Waals surface area contributed by atoms with E-state index < -0.39 is 0 Å². The molecule has 0 fully saturated rings. The number of nitrogens with one attached hydrogen (secondary N) is 1. The third kappa shape index (κ3) is 3.75. The monoisotopic (exact) mass is 304 g/mol. The number of pyridine rings is 1. The van der Waals surface area contributed by atoms with Gasteiger partial charge in [0.2, 0.25) is 0 Å². The molecule has 1 heterocycles. The van der Waals surface area contributed by atoms with Crippen LogP contribution in [-0.4, -0.2) is 17.6 Å². The molecule has 0 aliphatic carbocycles. The molecule has 2 rings (SSSR count). The first-order chi connectivity index (χ1) is 10.0. The quantitative estimate of drug-likeness (QED) is 0.811. The van der Waals surface area contributed by atoms with Gasteiger partial charge in [0.15, 0.2) is 0 Å². The first-order valence-corrected chi connectivity index (χ1v) is 8.20. The molecule has 0 spiro atoms. The van der Waals surface area contributed by atoms with Crippen molar-refractivity contribution in [1.29, 1.82) is 0 Å². The van der Waals surface area contributed by atoms with E-state index in [0.29, 0.717) is 17.9 Å². The van der Waals surface area contributed by atoms with Crippen molar-refractivity contribution in [1.82, 2.24) is 10.3 Å². The zero-order valence-corrected chi connectivity index (χ0v) is 14.1. The topological polar surface area (TPSA) is 24.9 Å². The molecule has 21 heavy (non-hydrogen) atoms. The highest BCUT2D eigenvalue weighted by molar-refractivity contribution is 6.31. The van der Waals surface area contributed by atoms with Gasteiger partial charge in [-0.3, -0.25) is 4.98 Å². The van der Waals surface area contributed by atoms with Crippen LogP contribution in [0.2, 0.25) is 5.02 Å².